The number of aromatic nitrogens is 2. The van der Waals surface area contributed by atoms with Gasteiger partial charge in [-0.3, -0.25) is 19.2 Å². The summed E-state index contributed by atoms with van der Waals surface area (Å²) in [6.07, 6.45) is 8.19. The molecule has 0 unspecified atom stereocenters. The SMILES string of the molecule is Cc1cc(C)c(CNC(=O)c2cc(C)c3c(c2C)O[C@@](C)(C2CCC(N(C)C)CC2)O3)c(=O)[nH]1.Cc1cc(C)c(CNC(=O)c2cc(C)c3c(c2C)O[C@@](C)(C2CCC(N)CC2)O3)c(=O)[nH]1. The average Bonchev–Trinajstić information content (AvgIpc) is 3.83. The van der Waals surface area contributed by atoms with E-state index in [9.17, 15) is 19.2 Å². The molecule has 2 aliphatic carbocycles. The molecule has 2 saturated carbocycles. The van der Waals surface area contributed by atoms with Crippen LogP contribution in [0, 0.1) is 67.2 Å². The molecule has 4 aliphatic rings. The van der Waals surface area contributed by atoms with E-state index in [-0.39, 0.29) is 48.0 Å². The molecule has 4 aromatic rings. The van der Waals surface area contributed by atoms with Crippen molar-refractivity contribution in [2.24, 2.45) is 17.6 Å². The molecule has 4 heterocycles. The number of amides is 2. The molecule has 2 atom stereocenters. The summed E-state index contributed by atoms with van der Waals surface area (Å²) in [6, 6.07) is 8.35. The molecule has 2 aromatic heterocycles. The molecule has 14 nitrogen and oxygen atoms in total. The number of carbonyl (C=O) groups excluding carboxylic acids is 2. The van der Waals surface area contributed by atoms with Crippen LogP contribution in [0.1, 0.15) is 142 Å². The van der Waals surface area contributed by atoms with Crippen LogP contribution >= 0.6 is 0 Å². The van der Waals surface area contributed by atoms with Crippen LogP contribution in [-0.4, -0.2) is 64.4 Å². The van der Waals surface area contributed by atoms with Crippen LogP contribution in [0.5, 0.6) is 23.0 Å². The van der Waals surface area contributed by atoms with Crippen molar-refractivity contribution in [3.05, 3.63) is 112 Å². The second-order valence-corrected chi connectivity index (χ2v) is 19.8. The van der Waals surface area contributed by atoms with Crippen molar-refractivity contribution >= 4 is 11.8 Å². The Hall–Kier alpha value is -5.60. The molecule has 8 rings (SSSR count). The Bertz CT molecular complexity index is 2640. The lowest BCUT2D eigenvalue weighted by molar-refractivity contribution is -0.123. The summed E-state index contributed by atoms with van der Waals surface area (Å²) in [7, 11) is 4.28. The Labute approximate surface area is 388 Å². The predicted octanol–water partition coefficient (Wildman–Crippen LogP) is 7.69. The quantitative estimate of drug-likeness (QED) is 0.111. The van der Waals surface area contributed by atoms with Gasteiger partial charge >= 0.3 is 0 Å². The van der Waals surface area contributed by atoms with E-state index in [4.69, 9.17) is 24.7 Å². The lowest BCUT2D eigenvalue weighted by Gasteiger charge is -2.39. The smallest absolute Gasteiger partial charge is 0.253 e. The van der Waals surface area contributed by atoms with E-state index in [0.717, 1.165) is 102 Å². The molecule has 66 heavy (non-hydrogen) atoms. The topological polar surface area (TPSA) is 190 Å². The first kappa shape index (κ1) is 48.3. The van der Waals surface area contributed by atoms with Gasteiger partial charge in [0.15, 0.2) is 23.0 Å². The van der Waals surface area contributed by atoms with Gasteiger partial charge in [-0.05, 0) is 167 Å². The highest BCUT2D eigenvalue weighted by atomic mass is 16.7. The minimum atomic E-state index is -0.751. The maximum absolute atomic E-state index is 13.1. The Kier molecular flexibility index (Phi) is 13.9. The van der Waals surface area contributed by atoms with Crippen molar-refractivity contribution in [2.75, 3.05) is 14.1 Å². The Morgan fingerprint density at radius 1 is 0.591 bits per heavy atom. The molecule has 2 aromatic carbocycles. The largest absolute Gasteiger partial charge is 0.448 e. The molecule has 6 N–H and O–H groups in total. The number of rotatable bonds is 9. The molecule has 2 aliphatic heterocycles. The van der Waals surface area contributed by atoms with Gasteiger partial charge in [0.25, 0.3) is 34.5 Å². The minimum absolute atomic E-state index is 0.160. The van der Waals surface area contributed by atoms with Gasteiger partial charge in [0.05, 0.1) is 0 Å². The third-order valence-corrected chi connectivity index (χ3v) is 14.6. The van der Waals surface area contributed by atoms with Crippen molar-refractivity contribution in [2.45, 2.75) is 157 Å². The van der Waals surface area contributed by atoms with Crippen LogP contribution in [0.15, 0.2) is 33.9 Å². The highest BCUT2D eigenvalue weighted by molar-refractivity contribution is 5.98. The maximum atomic E-state index is 13.1. The van der Waals surface area contributed by atoms with Crippen LogP contribution < -0.4 is 46.4 Å². The summed E-state index contributed by atoms with van der Waals surface area (Å²) in [5, 5.41) is 5.81. The van der Waals surface area contributed by atoms with Crippen molar-refractivity contribution in [1.82, 2.24) is 25.5 Å². The van der Waals surface area contributed by atoms with Crippen molar-refractivity contribution < 1.29 is 28.5 Å². The average molecular weight is 907 g/mol. The van der Waals surface area contributed by atoms with Gasteiger partial charge in [-0.1, -0.05) is 0 Å². The van der Waals surface area contributed by atoms with Gasteiger partial charge in [-0.25, -0.2) is 0 Å². The number of hydrogen-bond donors (Lipinski definition) is 5. The van der Waals surface area contributed by atoms with E-state index >= 15 is 0 Å². The Balaban J connectivity index is 0.000000197. The molecular formula is C52H70N6O8. The molecule has 0 bridgehead atoms. The van der Waals surface area contributed by atoms with E-state index in [1.807, 2.05) is 93.5 Å². The Morgan fingerprint density at radius 2 is 0.955 bits per heavy atom. The number of hydrogen-bond acceptors (Lipinski definition) is 10. The third-order valence-electron chi connectivity index (χ3n) is 14.6. The monoisotopic (exact) mass is 907 g/mol. The molecule has 2 amide bonds. The third kappa shape index (κ3) is 9.76. The number of nitrogens with one attached hydrogen (secondary N) is 4. The van der Waals surface area contributed by atoms with Gasteiger partial charge in [0.1, 0.15) is 0 Å². The summed E-state index contributed by atoms with van der Waals surface area (Å²) >= 11 is 0. The highest BCUT2D eigenvalue weighted by Crippen LogP contribution is 2.51. The summed E-state index contributed by atoms with van der Waals surface area (Å²) in [6.45, 7) is 19.4. The predicted molar refractivity (Wildman–Crippen MR) is 256 cm³/mol. The number of pyridine rings is 2. The number of nitrogens with two attached hydrogens (primary N) is 1. The molecule has 0 spiro atoms. The van der Waals surface area contributed by atoms with E-state index < -0.39 is 11.6 Å². The highest BCUT2D eigenvalue weighted by Gasteiger charge is 2.48. The standard InChI is InChI=1S/C27H37N3O4.C25H33N3O4/c1-15-12-17(3)29-26(32)22(15)14-28-25(31)21-13-16(2)23-24(18(21)4)34-27(5,33-23)19-8-10-20(11-9-19)30(6)7;1-13-10-15(3)28-24(30)20(13)12-27-23(29)19-11-14(2)21-22(16(19)4)32-25(5,31-21)17-6-8-18(26)9-7-17/h12-13,19-20H,8-11,14H2,1-7H3,(H,28,31)(H,29,32);10-11,17-18H,6-9,12,26H2,1-5H3,(H,27,29)(H,28,30)/t19?,20?,27-;17?,18?,25-/m00/s1. The summed E-state index contributed by atoms with van der Waals surface area (Å²) in [5.74, 6) is 1.34. The van der Waals surface area contributed by atoms with Crippen LogP contribution in [0.25, 0.3) is 0 Å². The molecular weight excluding hydrogens is 837 g/mol. The first-order chi connectivity index (χ1) is 31.1. The number of fused-ring (bicyclic) bond motifs is 2. The molecule has 2 fully saturated rings. The van der Waals surface area contributed by atoms with E-state index in [1.165, 1.54) is 0 Å². The first-order valence-corrected chi connectivity index (χ1v) is 23.5. The van der Waals surface area contributed by atoms with E-state index in [2.05, 4.69) is 39.6 Å². The number of carbonyl (C=O) groups is 2. The Morgan fingerprint density at radius 3 is 1.32 bits per heavy atom. The fourth-order valence-corrected chi connectivity index (χ4v) is 10.4. The van der Waals surface area contributed by atoms with Crippen LogP contribution in [-0.2, 0) is 13.1 Å². The number of aryl methyl sites for hydroxylation is 6. The van der Waals surface area contributed by atoms with E-state index in [0.29, 0.717) is 51.5 Å². The number of benzene rings is 2. The van der Waals surface area contributed by atoms with Crippen LogP contribution in [0.3, 0.4) is 0 Å². The first-order valence-electron chi connectivity index (χ1n) is 23.5. The summed E-state index contributed by atoms with van der Waals surface area (Å²) in [5.41, 5.74) is 14.5. The second kappa shape index (κ2) is 18.9. The zero-order valence-corrected chi connectivity index (χ0v) is 41.0. The second-order valence-electron chi connectivity index (χ2n) is 19.8. The molecule has 0 saturated heterocycles. The molecule has 356 valence electrons. The van der Waals surface area contributed by atoms with Gasteiger partial charge < -0.3 is 50.2 Å². The molecule has 14 heteroatoms. The number of nitrogens with zero attached hydrogens (tertiary/aromatic N) is 1. The van der Waals surface area contributed by atoms with Gasteiger partial charge in [-0.15, -0.1) is 0 Å². The zero-order chi connectivity index (χ0) is 48.0. The van der Waals surface area contributed by atoms with Crippen molar-refractivity contribution in [3.63, 3.8) is 0 Å². The number of H-pyrrole nitrogens is 2. The van der Waals surface area contributed by atoms with Gasteiger partial charge in [0, 0.05) is 95.6 Å². The van der Waals surface area contributed by atoms with E-state index in [1.54, 1.807) is 0 Å². The minimum Gasteiger partial charge on any atom is -0.448 e. The lowest BCUT2D eigenvalue weighted by Crippen LogP contribution is -2.46. The van der Waals surface area contributed by atoms with Gasteiger partial charge in [0.2, 0.25) is 0 Å². The van der Waals surface area contributed by atoms with Gasteiger partial charge in [-0.2, -0.15) is 0 Å². The lowest BCUT2D eigenvalue weighted by atomic mass is 9.81. The zero-order valence-electron chi connectivity index (χ0n) is 41.0. The summed E-state index contributed by atoms with van der Waals surface area (Å²) in [4.78, 5) is 58.6. The fourth-order valence-electron chi connectivity index (χ4n) is 10.4. The normalized spacial score (nSPS) is 24.2. The maximum Gasteiger partial charge on any atom is 0.253 e. The summed E-state index contributed by atoms with van der Waals surface area (Å²) < 4.78 is 25.6. The van der Waals surface area contributed by atoms with Crippen molar-refractivity contribution in [3.8, 4) is 23.0 Å². The number of aromatic amines is 2. The van der Waals surface area contributed by atoms with Crippen LogP contribution in [0.4, 0.5) is 0 Å². The number of ether oxygens (including phenoxy) is 4. The van der Waals surface area contributed by atoms with Crippen molar-refractivity contribution in [1.29, 1.82) is 0 Å². The fraction of sp³-hybridized carbons (Fsp3) is 0.538. The molecule has 0 radical (unpaired) electrons. The van der Waals surface area contributed by atoms with Crippen LogP contribution in [0.2, 0.25) is 0 Å².